The molecule has 1 fully saturated rings. The lowest BCUT2D eigenvalue weighted by Crippen LogP contribution is -2.38. The molecule has 1 aliphatic rings. The molecule has 1 aromatic heterocycles. The van der Waals surface area contributed by atoms with Crippen molar-refractivity contribution in [2.24, 2.45) is 0 Å². The van der Waals surface area contributed by atoms with Gasteiger partial charge in [0, 0.05) is 18.0 Å². The number of rotatable bonds is 3. The SMILES string of the molecule is OC1CCCCCC1NCc1csnn1. The van der Waals surface area contributed by atoms with E-state index in [1.165, 1.54) is 24.4 Å². The molecule has 2 N–H and O–H groups in total. The van der Waals surface area contributed by atoms with Gasteiger partial charge in [-0.05, 0) is 24.4 Å². The molecule has 0 amide bonds. The Balaban J connectivity index is 1.81. The van der Waals surface area contributed by atoms with Gasteiger partial charge in [-0.15, -0.1) is 5.10 Å². The number of aliphatic hydroxyl groups excluding tert-OH is 1. The zero-order chi connectivity index (χ0) is 10.5. The number of aliphatic hydroxyl groups is 1. The standard InChI is InChI=1S/C10H17N3OS/c14-10-5-3-1-2-4-9(10)11-6-8-7-15-13-12-8/h7,9-11,14H,1-6H2. The van der Waals surface area contributed by atoms with Gasteiger partial charge in [-0.25, -0.2) is 0 Å². The first-order valence-corrected chi connectivity index (χ1v) is 6.37. The van der Waals surface area contributed by atoms with Crippen LogP contribution in [0.1, 0.15) is 37.8 Å². The van der Waals surface area contributed by atoms with Gasteiger partial charge < -0.3 is 10.4 Å². The molecule has 0 spiro atoms. The van der Waals surface area contributed by atoms with Crippen LogP contribution in [0.15, 0.2) is 5.38 Å². The van der Waals surface area contributed by atoms with E-state index in [4.69, 9.17) is 0 Å². The van der Waals surface area contributed by atoms with E-state index in [0.717, 1.165) is 31.5 Å². The predicted molar refractivity (Wildman–Crippen MR) is 59.6 cm³/mol. The summed E-state index contributed by atoms with van der Waals surface area (Å²) in [5.41, 5.74) is 0.969. The Kier molecular flexibility index (Phi) is 4.05. The fourth-order valence-electron chi connectivity index (χ4n) is 2.02. The lowest BCUT2D eigenvalue weighted by molar-refractivity contribution is 0.119. The smallest absolute Gasteiger partial charge is 0.0893 e. The average Bonchev–Trinajstić information content (AvgIpc) is 2.67. The molecule has 15 heavy (non-hydrogen) atoms. The van der Waals surface area contributed by atoms with Crippen molar-refractivity contribution >= 4 is 11.5 Å². The Hall–Kier alpha value is -0.520. The van der Waals surface area contributed by atoms with E-state index in [2.05, 4.69) is 14.9 Å². The molecule has 0 aromatic carbocycles. The molecule has 1 heterocycles. The van der Waals surface area contributed by atoms with Crippen molar-refractivity contribution in [3.63, 3.8) is 0 Å². The summed E-state index contributed by atoms with van der Waals surface area (Å²) >= 11 is 1.37. The van der Waals surface area contributed by atoms with E-state index in [0.29, 0.717) is 0 Å². The van der Waals surface area contributed by atoms with Crippen molar-refractivity contribution in [1.82, 2.24) is 14.9 Å². The second kappa shape index (κ2) is 5.53. The fourth-order valence-corrected chi connectivity index (χ4v) is 2.47. The first-order valence-electron chi connectivity index (χ1n) is 5.53. The van der Waals surface area contributed by atoms with Gasteiger partial charge in [-0.3, -0.25) is 0 Å². The topological polar surface area (TPSA) is 58.0 Å². The Morgan fingerprint density at radius 1 is 1.40 bits per heavy atom. The zero-order valence-corrected chi connectivity index (χ0v) is 9.54. The van der Waals surface area contributed by atoms with Crippen LogP contribution in [-0.4, -0.2) is 26.8 Å². The third-order valence-electron chi connectivity index (χ3n) is 2.93. The van der Waals surface area contributed by atoms with Crippen molar-refractivity contribution in [3.8, 4) is 0 Å². The second-order valence-corrected chi connectivity index (χ2v) is 4.70. The highest BCUT2D eigenvalue weighted by Crippen LogP contribution is 2.18. The summed E-state index contributed by atoms with van der Waals surface area (Å²) in [5, 5.41) is 19.2. The van der Waals surface area contributed by atoms with Crippen LogP contribution in [0.4, 0.5) is 0 Å². The van der Waals surface area contributed by atoms with Crippen LogP contribution >= 0.6 is 11.5 Å². The molecule has 2 unspecified atom stereocenters. The Morgan fingerprint density at radius 3 is 3.07 bits per heavy atom. The molecule has 0 radical (unpaired) electrons. The Labute approximate surface area is 93.9 Å². The normalized spacial score (nSPS) is 27.5. The Bertz CT molecular complexity index is 278. The molecule has 84 valence electrons. The fraction of sp³-hybridized carbons (Fsp3) is 0.800. The number of hydrogen-bond donors (Lipinski definition) is 2. The van der Waals surface area contributed by atoms with Gasteiger partial charge in [-0.2, -0.15) is 0 Å². The van der Waals surface area contributed by atoms with Crippen molar-refractivity contribution in [2.45, 2.75) is 50.8 Å². The van der Waals surface area contributed by atoms with Crippen LogP contribution in [0.25, 0.3) is 0 Å². The molecular formula is C10H17N3OS. The summed E-state index contributed by atoms with van der Waals surface area (Å²) in [6.07, 6.45) is 5.40. The van der Waals surface area contributed by atoms with Gasteiger partial charge in [0.15, 0.2) is 0 Å². The van der Waals surface area contributed by atoms with Crippen LogP contribution in [0.5, 0.6) is 0 Å². The molecule has 5 heteroatoms. The second-order valence-electron chi connectivity index (χ2n) is 4.09. The number of nitrogens with zero attached hydrogens (tertiary/aromatic N) is 2. The highest BCUT2D eigenvalue weighted by atomic mass is 32.1. The minimum absolute atomic E-state index is 0.195. The quantitative estimate of drug-likeness (QED) is 0.765. The predicted octanol–water partition coefficient (Wildman–Crippen LogP) is 1.32. The van der Waals surface area contributed by atoms with Crippen molar-refractivity contribution in [3.05, 3.63) is 11.1 Å². The molecule has 1 aliphatic carbocycles. The van der Waals surface area contributed by atoms with Gasteiger partial charge in [0.1, 0.15) is 0 Å². The first-order chi connectivity index (χ1) is 7.36. The van der Waals surface area contributed by atoms with E-state index in [1.807, 2.05) is 5.38 Å². The third-order valence-corrected chi connectivity index (χ3v) is 3.48. The molecule has 4 nitrogen and oxygen atoms in total. The first kappa shape index (κ1) is 11.0. The average molecular weight is 227 g/mol. The summed E-state index contributed by atoms with van der Waals surface area (Å²) in [7, 11) is 0. The lowest BCUT2D eigenvalue weighted by Gasteiger charge is -2.21. The maximum Gasteiger partial charge on any atom is 0.0893 e. The third kappa shape index (κ3) is 3.22. The maximum atomic E-state index is 9.88. The molecule has 1 saturated carbocycles. The van der Waals surface area contributed by atoms with Crippen molar-refractivity contribution < 1.29 is 5.11 Å². The molecular weight excluding hydrogens is 210 g/mol. The molecule has 1 aromatic rings. The number of hydrogen-bond acceptors (Lipinski definition) is 5. The number of nitrogens with one attached hydrogen (secondary N) is 1. The zero-order valence-electron chi connectivity index (χ0n) is 8.72. The van der Waals surface area contributed by atoms with Crippen LogP contribution in [0.3, 0.4) is 0 Å². The van der Waals surface area contributed by atoms with Crippen molar-refractivity contribution in [1.29, 1.82) is 0 Å². The van der Waals surface area contributed by atoms with Crippen LogP contribution in [0, 0.1) is 0 Å². The van der Waals surface area contributed by atoms with Crippen LogP contribution in [0.2, 0.25) is 0 Å². The van der Waals surface area contributed by atoms with Gasteiger partial charge in [-0.1, -0.05) is 23.8 Å². The minimum atomic E-state index is -0.195. The molecule has 2 rings (SSSR count). The summed E-state index contributed by atoms with van der Waals surface area (Å²) in [6, 6.07) is 0.231. The maximum absolute atomic E-state index is 9.88. The van der Waals surface area contributed by atoms with E-state index in [1.54, 1.807) is 0 Å². The largest absolute Gasteiger partial charge is 0.392 e. The summed E-state index contributed by atoms with van der Waals surface area (Å²) < 4.78 is 3.81. The minimum Gasteiger partial charge on any atom is -0.392 e. The molecule has 0 saturated heterocycles. The summed E-state index contributed by atoms with van der Waals surface area (Å²) in [4.78, 5) is 0. The van der Waals surface area contributed by atoms with Gasteiger partial charge in [0.05, 0.1) is 11.8 Å². The lowest BCUT2D eigenvalue weighted by atomic mass is 10.1. The van der Waals surface area contributed by atoms with Gasteiger partial charge in [0.2, 0.25) is 0 Å². The molecule has 0 aliphatic heterocycles. The van der Waals surface area contributed by atoms with E-state index < -0.39 is 0 Å². The van der Waals surface area contributed by atoms with Gasteiger partial charge >= 0.3 is 0 Å². The van der Waals surface area contributed by atoms with Gasteiger partial charge in [0.25, 0.3) is 0 Å². The van der Waals surface area contributed by atoms with Crippen LogP contribution < -0.4 is 5.32 Å². The van der Waals surface area contributed by atoms with Crippen molar-refractivity contribution in [2.75, 3.05) is 0 Å². The van der Waals surface area contributed by atoms with E-state index in [9.17, 15) is 5.11 Å². The Morgan fingerprint density at radius 2 is 2.27 bits per heavy atom. The monoisotopic (exact) mass is 227 g/mol. The summed E-state index contributed by atoms with van der Waals surface area (Å²) in [5.74, 6) is 0. The summed E-state index contributed by atoms with van der Waals surface area (Å²) in [6.45, 7) is 0.720. The highest BCUT2D eigenvalue weighted by Gasteiger charge is 2.20. The number of aromatic nitrogens is 2. The molecule has 0 bridgehead atoms. The van der Waals surface area contributed by atoms with Crippen LogP contribution in [-0.2, 0) is 6.54 Å². The molecule has 2 atom stereocenters. The van der Waals surface area contributed by atoms with E-state index >= 15 is 0 Å². The highest BCUT2D eigenvalue weighted by molar-refractivity contribution is 7.03. The van der Waals surface area contributed by atoms with E-state index in [-0.39, 0.29) is 12.1 Å².